The lowest BCUT2D eigenvalue weighted by molar-refractivity contribution is -0.00545. The molecule has 0 aliphatic carbocycles. The number of aryl methyl sites for hydroxylation is 1. The maximum absolute atomic E-state index is 12.8. The van der Waals surface area contributed by atoms with Gasteiger partial charge in [0.25, 0.3) is 5.91 Å². The zero-order valence-corrected chi connectivity index (χ0v) is 17.4. The standard InChI is InChI=1S/C22H23ClN4O2/c1-13-11-27(12-14(2)29-13)21-7-5-18(10-24-21)26-22(28)19-9-16-8-17(23)4-6-20(16)25-15(19)3/h4-10,13-14H,11-12H2,1-3H3,(H,26,28). The van der Waals surface area contributed by atoms with E-state index < -0.39 is 0 Å². The number of anilines is 2. The number of pyridine rings is 2. The van der Waals surface area contributed by atoms with Crippen LogP contribution in [-0.4, -0.2) is 41.2 Å². The predicted octanol–water partition coefficient (Wildman–Crippen LogP) is 4.46. The van der Waals surface area contributed by atoms with E-state index in [1.165, 1.54) is 0 Å². The number of morpholine rings is 1. The van der Waals surface area contributed by atoms with Crippen LogP contribution < -0.4 is 10.2 Å². The zero-order chi connectivity index (χ0) is 20.5. The molecule has 1 amide bonds. The Bertz CT molecular complexity index is 1040. The van der Waals surface area contributed by atoms with Crippen molar-refractivity contribution in [2.24, 2.45) is 0 Å². The molecule has 1 fully saturated rings. The number of nitrogens with one attached hydrogen (secondary N) is 1. The van der Waals surface area contributed by atoms with E-state index in [0.29, 0.717) is 22.0 Å². The van der Waals surface area contributed by atoms with Crippen LogP contribution in [-0.2, 0) is 4.74 Å². The lowest BCUT2D eigenvalue weighted by atomic mass is 10.1. The smallest absolute Gasteiger partial charge is 0.257 e. The first-order valence-corrected chi connectivity index (χ1v) is 10.0. The molecule has 0 spiro atoms. The van der Waals surface area contributed by atoms with E-state index in [1.807, 2.05) is 31.2 Å². The zero-order valence-electron chi connectivity index (χ0n) is 16.6. The van der Waals surface area contributed by atoms with Crippen molar-refractivity contribution in [2.75, 3.05) is 23.3 Å². The molecule has 0 bridgehead atoms. The lowest BCUT2D eigenvalue weighted by Gasteiger charge is -2.36. The molecule has 1 aromatic carbocycles. The summed E-state index contributed by atoms with van der Waals surface area (Å²) in [6, 6.07) is 11.1. The average molecular weight is 411 g/mol. The third-order valence-corrected chi connectivity index (χ3v) is 5.20. The van der Waals surface area contributed by atoms with Gasteiger partial charge in [-0.3, -0.25) is 9.78 Å². The molecule has 150 valence electrons. The van der Waals surface area contributed by atoms with Crippen LogP contribution >= 0.6 is 11.6 Å². The number of fused-ring (bicyclic) bond motifs is 1. The third kappa shape index (κ3) is 4.33. The highest BCUT2D eigenvalue weighted by atomic mass is 35.5. The summed E-state index contributed by atoms with van der Waals surface area (Å²) in [5.74, 6) is 0.656. The first-order valence-electron chi connectivity index (χ1n) is 9.64. The normalized spacial score (nSPS) is 19.4. The Morgan fingerprint density at radius 3 is 2.62 bits per heavy atom. The van der Waals surface area contributed by atoms with Crippen LogP contribution in [0.2, 0.25) is 5.02 Å². The molecule has 2 aromatic heterocycles. The van der Waals surface area contributed by atoms with Gasteiger partial charge in [-0.1, -0.05) is 11.6 Å². The van der Waals surface area contributed by atoms with Crippen molar-refractivity contribution < 1.29 is 9.53 Å². The molecule has 3 aromatic rings. The SMILES string of the molecule is Cc1nc2ccc(Cl)cc2cc1C(=O)Nc1ccc(N2CC(C)OC(C)C2)nc1. The summed E-state index contributed by atoms with van der Waals surface area (Å²) in [6.07, 6.45) is 2.01. The molecule has 2 unspecified atom stereocenters. The summed E-state index contributed by atoms with van der Waals surface area (Å²) in [7, 11) is 0. The van der Waals surface area contributed by atoms with Crippen molar-refractivity contribution >= 4 is 39.9 Å². The van der Waals surface area contributed by atoms with Gasteiger partial charge in [-0.25, -0.2) is 4.98 Å². The van der Waals surface area contributed by atoms with Crippen molar-refractivity contribution in [3.05, 3.63) is 58.9 Å². The molecule has 1 saturated heterocycles. The Morgan fingerprint density at radius 2 is 1.93 bits per heavy atom. The van der Waals surface area contributed by atoms with Gasteiger partial charge in [0, 0.05) is 23.5 Å². The highest BCUT2D eigenvalue weighted by molar-refractivity contribution is 6.31. The molecule has 6 nitrogen and oxygen atoms in total. The fourth-order valence-corrected chi connectivity index (χ4v) is 3.86. The number of carbonyl (C=O) groups excluding carboxylic acids is 1. The van der Waals surface area contributed by atoms with Crippen molar-refractivity contribution in [1.29, 1.82) is 0 Å². The number of ether oxygens (including phenoxy) is 1. The quantitative estimate of drug-likeness (QED) is 0.690. The molecule has 2 atom stereocenters. The lowest BCUT2D eigenvalue weighted by Crippen LogP contribution is -2.45. The van der Waals surface area contributed by atoms with E-state index in [0.717, 1.165) is 29.8 Å². The second kappa shape index (κ2) is 7.97. The Hall–Kier alpha value is -2.70. The Balaban J connectivity index is 1.51. The largest absolute Gasteiger partial charge is 0.372 e. The van der Waals surface area contributed by atoms with Crippen molar-refractivity contribution in [2.45, 2.75) is 33.0 Å². The third-order valence-electron chi connectivity index (χ3n) is 4.96. The maximum Gasteiger partial charge on any atom is 0.257 e. The predicted molar refractivity (Wildman–Crippen MR) is 116 cm³/mol. The van der Waals surface area contributed by atoms with Crippen LogP contribution in [0.4, 0.5) is 11.5 Å². The minimum atomic E-state index is -0.222. The van der Waals surface area contributed by atoms with Gasteiger partial charge < -0.3 is 15.0 Å². The number of aromatic nitrogens is 2. The fourth-order valence-electron chi connectivity index (χ4n) is 3.68. The van der Waals surface area contributed by atoms with Gasteiger partial charge in [0.05, 0.1) is 40.9 Å². The van der Waals surface area contributed by atoms with Crippen LogP contribution in [0, 0.1) is 6.92 Å². The van der Waals surface area contributed by atoms with Gasteiger partial charge in [-0.15, -0.1) is 0 Å². The molecule has 0 radical (unpaired) electrons. The van der Waals surface area contributed by atoms with Crippen molar-refractivity contribution in [3.63, 3.8) is 0 Å². The second-order valence-electron chi connectivity index (χ2n) is 7.48. The van der Waals surface area contributed by atoms with E-state index >= 15 is 0 Å². The number of amides is 1. The first-order chi connectivity index (χ1) is 13.9. The van der Waals surface area contributed by atoms with Crippen molar-refractivity contribution in [1.82, 2.24) is 9.97 Å². The fraction of sp³-hybridized carbons (Fsp3) is 0.318. The summed E-state index contributed by atoms with van der Waals surface area (Å²) in [4.78, 5) is 24.0. The summed E-state index contributed by atoms with van der Waals surface area (Å²) in [5, 5.41) is 4.35. The molecule has 3 heterocycles. The maximum atomic E-state index is 12.8. The number of benzene rings is 1. The highest BCUT2D eigenvalue weighted by Gasteiger charge is 2.23. The van der Waals surface area contributed by atoms with Gasteiger partial charge in [0.2, 0.25) is 0 Å². The number of nitrogens with zero attached hydrogens (tertiary/aromatic N) is 3. The minimum absolute atomic E-state index is 0.164. The molecule has 1 aliphatic heterocycles. The highest BCUT2D eigenvalue weighted by Crippen LogP contribution is 2.23. The summed E-state index contributed by atoms with van der Waals surface area (Å²) < 4.78 is 5.77. The number of rotatable bonds is 3. The van der Waals surface area contributed by atoms with Gasteiger partial charge in [0.15, 0.2) is 0 Å². The summed E-state index contributed by atoms with van der Waals surface area (Å²) in [5.41, 5.74) is 2.63. The molecular formula is C22H23ClN4O2. The number of hydrogen-bond donors (Lipinski definition) is 1. The first kappa shape index (κ1) is 19.6. The Morgan fingerprint density at radius 1 is 1.17 bits per heavy atom. The van der Waals surface area contributed by atoms with Gasteiger partial charge in [-0.05, 0) is 57.2 Å². The second-order valence-corrected chi connectivity index (χ2v) is 7.92. The Kier molecular flexibility index (Phi) is 5.39. The summed E-state index contributed by atoms with van der Waals surface area (Å²) >= 11 is 6.07. The summed E-state index contributed by atoms with van der Waals surface area (Å²) in [6.45, 7) is 7.54. The van der Waals surface area contributed by atoms with Crippen LogP contribution in [0.15, 0.2) is 42.6 Å². The molecular weight excluding hydrogens is 388 g/mol. The number of carbonyl (C=O) groups is 1. The van der Waals surface area contributed by atoms with Gasteiger partial charge in [-0.2, -0.15) is 0 Å². The van der Waals surface area contributed by atoms with Crippen molar-refractivity contribution in [3.8, 4) is 0 Å². The minimum Gasteiger partial charge on any atom is -0.372 e. The molecule has 7 heteroatoms. The van der Waals surface area contributed by atoms with E-state index in [1.54, 1.807) is 18.3 Å². The molecule has 4 rings (SSSR count). The van der Waals surface area contributed by atoms with E-state index in [2.05, 4.69) is 34.0 Å². The van der Waals surface area contributed by atoms with Crippen LogP contribution in [0.25, 0.3) is 10.9 Å². The molecule has 0 saturated carbocycles. The Labute approximate surface area is 174 Å². The molecule has 1 N–H and O–H groups in total. The number of halogens is 1. The molecule has 1 aliphatic rings. The monoisotopic (exact) mass is 410 g/mol. The van der Waals surface area contributed by atoms with Gasteiger partial charge in [0.1, 0.15) is 5.82 Å². The van der Waals surface area contributed by atoms with E-state index in [-0.39, 0.29) is 18.1 Å². The molecule has 29 heavy (non-hydrogen) atoms. The van der Waals surface area contributed by atoms with Crippen LogP contribution in [0.3, 0.4) is 0 Å². The number of hydrogen-bond acceptors (Lipinski definition) is 5. The van der Waals surface area contributed by atoms with E-state index in [4.69, 9.17) is 16.3 Å². The van der Waals surface area contributed by atoms with Gasteiger partial charge >= 0.3 is 0 Å². The van der Waals surface area contributed by atoms with Crippen LogP contribution in [0.5, 0.6) is 0 Å². The van der Waals surface area contributed by atoms with Crippen LogP contribution in [0.1, 0.15) is 29.9 Å². The topological polar surface area (TPSA) is 67.4 Å². The van der Waals surface area contributed by atoms with E-state index in [9.17, 15) is 4.79 Å². The average Bonchev–Trinajstić information content (AvgIpc) is 2.67.